The van der Waals surface area contributed by atoms with Crippen LogP contribution in [0.3, 0.4) is 0 Å². The van der Waals surface area contributed by atoms with E-state index in [-0.39, 0.29) is 23.0 Å². The van der Waals surface area contributed by atoms with Crippen molar-refractivity contribution in [3.8, 4) is 5.75 Å². The molecule has 0 saturated carbocycles. The van der Waals surface area contributed by atoms with Gasteiger partial charge in [0.2, 0.25) is 5.91 Å². The summed E-state index contributed by atoms with van der Waals surface area (Å²) in [7, 11) is -0.244. The van der Waals surface area contributed by atoms with E-state index in [0.29, 0.717) is 18.0 Å². The first-order valence-corrected chi connectivity index (χ1v) is 10.2. The van der Waals surface area contributed by atoms with Crippen molar-refractivity contribution in [1.29, 1.82) is 0 Å². The smallest absolute Gasteiger partial charge is 0.223 e. The van der Waals surface area contributed by atoms with Gasteiger partial charge in [0.25, 0.3) is 0 Å². The number of ether oxygens (including phenoxy) is 1. The van der Waals surface area contributed by atoms with Gasteiger partial charge in [-0.15, -0.1) is 0 Å². The number of methoxy groups -OCH3 is 1. The van der Waals surface area contributed by atoms with E-state index >= 15 is 0 Å². The van der Waals surface area contributed by atoms with Crippen molar-refractivity contribution in [2.75, 3.05) is 26.5 Å². The van der Waals surface area contributed by atoms with Gasteiger partial charge >= 0.3 is 0 Å². The fourth-order valence-corrected chi connectivity index (χ4v) is 3.93. The van der Waals surface area contributed by atoms with Crippen LogP contribution in [0.15, 0.2) is 53.4 Å². The van der Waals surface area contributed by atoms with E-state index in [9.17, 15) is 13.2 Å². The standard InChI is InChI=1S/C19H22ClNO4S/c1-21(12-10-15-6-8-17(25-2)9-7-15)19(22)11-13-26(23,24)18-5-3-4-16(20)14-18/h3-9,14H,10-13H2,1-2H3. The Morgan fingerprint density at radius 1 is 1.15 bits per heavy atom. The van der Waals surface area contributed by atoms with Crippen molar-refractivity contribution >= 4 is 27.3 Å². The summed E-state index contributed by atoms with van der Waals surface area (Å²) >= 11 is 5.84. The SMILES string of the molecule is COc1ccc(CCN(C)C(=O)CCS(=O)(=O)c2cccc(Cl)c2)cc1. The molecule has 2 aromatic carbocycles. The van der Waals surface area contributed by atoms with Gasteiger partial charge in [0.1, 0.15) is 5.75 Å². The Bertz CT molecular complexity index is 850. The number of benzene rings is 2. The number of hydrogen-bond donors (Lipinski definition) is 0. The molecule has 7 heteroatoms. The molecule has 26 heavy (non-hydrogen) atoms. The Hall–Kier alpha value is -2.05. The molecule has 0 unspecified atom stereocenters. The molecule has 2 rings (SSSR count). The number of hydrogen-bond acceptors (Lipinski definition) is 4. The third kappa shape index (κ3) is 5.75. The van der Waals surface area contributed by atoms with Gasteiger partial charge in [-0.1, -0.05) is 29.8 Å². The van der Waals surface area contributed by atoms with Crippen molar-refractivity contribution in [3.63, 3.8) is 0 Å². The number of nitrogens with zero attached hydrogens (tertiary/aromatic N) is 1. The summed E-state index contributed by atoms with van der Waals surface area (Å²) in [5.41, 5.74) is 1.08. The topological polar surface area (TPSA) is 63.7 Å². The molecule has 5 nitrogen and oxygen atoms in total. The second-order valence-electron chi connectivity index (χ2n) is 5.94. The molecule has 0 bridgehead atoms. The lowest BCUT2D eigenvalue weighted by Gasteiger charge is -2.17. The normalized spacial score (nSPS) is 11.2. The summed E-state index contributed by atoms with van der Waals surface area (Å²) < 4.78 is 29.7. The van der Waals surface area contributed by atoms with Crippen LogP contribution in [0.1, 0.15) is 12.0 Å². The molecular formula is C19H22ClNO4S. The van der Waals surface area contributed by atoms with Crippen LogP contribution >= 0.6 is 11.6 Å². The minimum Gasteiger partial charge on any atom is -0.497 e. The summed E-state index contributed by atoms with van der Waals surface area (Å²) in [4.78, 5) is 13.9. The van der Waals surface area contributed by atoms with E-state index in [1.807, 2.05) is 24.3 Å². The molecule has 1 amide bonds. The maximum absolute atomic E-state index is 12.3. The van der Waals surface area contributed by atoms with Crippen LogP contribution in [0.5, 0.6) is 5.75 Å². The van der Waals surface area contributed by atoms with Crippen LogP contribution in [0.25, 0.3) is 0 Å². The third-order valence-corrected chi connectivity index (χ3v) is 6.01. The highest BCUT2D eigenvalue weighted by Gasteiger charge is 2.18. The Kier molecular flexibility index (Phi) is 7.06. The lowest BCUT2D eigenvalue weighted by Crippen LogP contribution is -2.30. The van der Waals surface area contributed by atoms with E-state index in [1.165, 1.54) is 12.1 Å². The first-order valence-electron chi connectivity index (χ1n) is 8.17. The molecule has 0 saturated heterocycles. The Balaban J connectivity index is 1.86. The van der Waals surface area contributed by atoms with Crippen LogP contribution in [0.4, 0.5) is 0 Å². The van der Waals surface area contributed by atoms with Gasteiger partial charge in [0.05, 0.1) is 17.8 Å². The molecular weight excluding hydrogens is 374 g/mol. The average Bonchev–Trinajstić information content (AvgIpc) is 2.64. The molecule has 0 fully saturated rings. The minimum absolute atomic E-state index is 0.0615. The fourth-order valence-electron chi connectivity index (χ4n) is 2.40. The Labute approximate surface area is 159 Å². The molecule has 0 N–H and O–H groups in total. The molecule has 140 valence electrons. The van der Waals surface area contributed by atoms with Crippen molar-refractivity contribution in [1.82, 2.24) is 4.90 Å². The quantitative estimate of drug-likeness (QED) is 0.688. The zero-order chi connectivity index (χ0) is 19.2. The van der Waals surface area contributed by atoms with Crippen molar-refractivity contribution in [3.05, 3.63) is 59.1 Å². The second-order valence-corrected chi connectivity index (χ2v) is 8.49. The van der Waals surface area contributed by atoms with Crippen LogP contribution in [-0.2, 0) is 21.1 Å². The summed E-state index contributed by atoms with van der Waals surface area (Å²) in [6, 6.07) is 13.7. The number of sulfone groups is 1. The van der Waals surface area contributed by atoms with Crippen molar-refractivity contribution < 1.29 is 17.9 Å². The first-order chi connectivity index (χ1) is 12.3. The molecule has 0 heterocycles. The highest BCUT2D eigenvalue weighted by Crippen LogP contribution is 2.17. The van der Waals surface area contributed by atoms with Crippen LogP contribution in [-0.4, -0.2) is 45.7 Å². The number of carbonyl (C=O) groups excluding carboxylic acids is 1. The number of likely N-dealkylation sites (N-methyl/N-ethyl adjacent to an activating group) is 1. The van der Waals surface area contributed by atoms with Gasteiger partial charge in [0, 0.05) is 25.0 Å². The van der Waals surface area contributed by atoms with Crippen LogP contribution < -0.4 is 4.74 Å². The Morgan fingerprint density at radius 3 is 2.46 bits per heavy atom. The van der Waals surface area contributed by atoms with E-state index < -0.39 is 9.84 Å². The lowest BCUT2D eigenvalue weighted by atomic mass is 10.1. The summed E-state index contributed by atoms with van der Waals surface area (Å²) in [5.74, 6) is 0.340. The Morgan fingerprint density at radius 2 is 1.85 bits per heavy atom. The van der Waals surface area contributed by atoms with E-state index in [4.69, 9.17) is 16.3 Å². The summed E-state index contributed by atoms with van der Waals surface area (Å²) in [6.07, 6.45) is 0.626. The van der Waals surface area contributed by atoms with Gasteiger partial charge in [-0.05, 0) is 42.3 Å². The predicted molar refractivity (Wildman–Crippen MR) is 102 cm³/mol. The van der Waals surface area contributed by atoms with Gasteiger partial charge < -0.3 is 9.64 Å². The van der Waals surface area contributed by atoms with E-state index in [0.717, 1.165) is 11.3 Å². The molecule has 0 atom stereocenters. The van der Waals surface area contributed by atoms with Crippen molar-refractivity contribution in [2.24, 2.45) is 0 Å². The van der Waals surface area contributed by atoms with Crippen LogP contribution in [0.2, 0.25) is 5.02 Å². The van der Waals surface area contributed by atoms with Crippen molar-refractivity contribution in [2.45, 2.75) is 17.7 Å². The molecule has 0 aliphatic carbocycles. The summed E-state index contributed by atoms with van der Waals surface area (Å²) in [6.45, 7) is 0.516. The molecule has 0 radical (unpaired) electrons. The molecule has 0 aromatic heterocycles. The molecule has 2 aromatic rings. The molecule has 0 aliphatic rings. The maximum atomic E-state index is 12.3. The van der Waals surface area contributed by atoms with E-state index in [1.54, 1.807) is 31.2 Å². The second kappa shape index (κ2) is 9.05. The molecule has 0 spiro atoms. The van der Waals surface area contributed by atoms with E-state index in [2.05, 4.69) is 0 Å². The lowest BCUT2D eigenvalue weighted by molar-refractivity contribution is -0.129. The molecule has 0 aliphatic heterocycles. The number of halogens is 1. The highest BCUT2D eigenvalue weighted by atomic mass is 35.5. The third-order valence-electron chi connectivity index (χ3n) is 4.06. The van der Waals surface area contributed by atoms with Gasteiger partial charge in [-0.2, -0.15) is 0 Å². The maximum Gasteiger partial charge on any atom is 0.223 e. The zero-order valence-corrected chi connectivity index (χ0v) is 16.4. The van der Waals surface area contributed by atoms with Gasteiger partial charge in [0.15, 0.2) is 9.84 Å². The fraction of sp³-hybridized carbons (Fsp3) is 0.316. The van der Waals surface area contributed by atoms with Gasteiger partial charge in [-0.25, -0.2) is 8.42 Å². The van der Waals surface area contributed by atoms with Gasteiger partial charge in [-0.3, -0.25) is 4.79 Å². The van der Waals surface area contributed by atoms with Crippen LogP contribution in [0, 0.1) is 0 Å². The number of carbonyl (C=O) groups is 1. The number of rotatable bonds is 8. The first kappa shape index (κ1) is 20.3. The largest absolute Gasteiger partial charge is 0.497 e. The summed E-state index contributed by atoms with van der Waals surface area (Å²) in [5, 5.41) is 0.356. The predicted octanol–water partition coefficient (Wildman–Crippen LogP) is 3.21. The zero-order valence-electron chi connectivity index (χ0n) is 14.8. The number of amides is 1. The highest BCUT2D eigenvalue weighted by molar-refractivity contribution is 7.91. The average molecular weight is 396 g/mol. The minimum atomic E-state index is -3.53. The monoisotopic (exact) mass is 395 g/mol.